The summed E-state index contributed by atoms with van der Waals surface area (Å²) in [6.45, 7) is 1.09. The Labute approximate surface area is 171 Å². The van der Waals surface area contributed by atoms with Gasteiger partial charge >= 0.3 is 11.7 Å². The second-order valence-corrected chi connectivity index (χ2v) is 7.25. The van der Waals surface area contributed by atoms with Crippen LogP contribution in [0.25, 0.3) is 11.2 Å². The number of imidazole rings is 1. The smallest absolute Gasteiger partial charge is 0.338 e. The van der Waals surface area contributed by atoms with E-state index in [0.717, 1.165) is 4.57 Å². The summed E-state index contributed by atoms with van der Waals surface area (Å²) < 4.78 is 13.4. The van der Waals surface area contributed by atoms with E-state index in [4.69, 9.17) is 21.1 Å². The average Bonchev–Trinajstić information content (AvgIpc) is 3.27. The van der Waals surface area contributed by atoms with Crippen LogP contribution in [0.15, 0.2) is 35.3 Å². The summed E-state index contributed by atoms with van der Waals surface area (Å²) in [4.78, 5) is 35.9. The summed E-state index contributed by atoms with van der Waals surface area (Å²) in [6, 6.07) is 6.67. The SMILES string of the molecule is COCc1ncc2c(n1)n(C)c(=O)n2C(=O)N1CC[C@H](Oc2ccc(Cl)cc2)C1. The second kappa shape index (κ2) is 7.84. The standard InChI is InChI=1S/C19H20ClN5O4/c1-23-17-15(9-21-16(22-17)11-28-2)25(18(23)26)19(27)24-8-7-14(10-24)29-13-5-3-12(20)4-6-13/h3-6,9,14H,7-8,10-11H2,1-2H3/t14-/m0/s1. The zero-order valence-corrected chi connectivity index (χ0v) is 16.8. The Morgan fingerprint density at radius 2 is 2.07 bits per heavy atom. The van der Waals surface area contributed by atoms with Crippen molar-refractivity contribution in [3.63, 3.8) is 0 Å². The highest BCUT2D eigenvalue weighted by Crippen LogP contribution is 2.21. The Bertz CT molecular complexity index is 1110. The van der Waals surface area contributed by atoms with E-state index in [1.165, 1.54) is 17.9 Å². The zero-order chi connectivity index (χ0) is 20.5. The van der Waals surface area contributed by atoms with Crippen molar-refractivity contribution in [3.05, 3.63) is 51.8 Å². The average molecular weight is 418 g/mol. The summed E-state index contributed by atoms with van der Waals surface area (Å²) >= 11 is 5.89. The van der Waals surface area contributed by atoms with Crippen LogP contribution < -0.4 is 10.4 Å². The van der Waals surface area contributed by atoms with Crippen molar-refractivity contribution in [1.29, 1.82) is 0 Å². The van der Waals surface area contributed by atoms with Crippen LogP contribution >= 0.6 is 11.6 Å². The van der Waals surface area contributed by atoms with Gasteiger partial charge in [-0.3, -0.25) is 4.57 Å². The molecule has 1 saturated heterocycles. The number of hydrogen-bond donors (Lipinski definition) is 0. The van der Waals surface area contributed by atoms with E-state index in [1.54, 1.807) is 36.2 Å². The Balaban J connectivity index is 1.55. The van der Waals surface area contributed by atoms with Crippen molar-refractivity contribution in [2.75, 3.05) is 20.2 Å². The molecule has 3 aromatic rings. The first-order valence-electron chi connectivity index (χ1n) is 9.11. The van der Waals surface area contributed by atoms with Gasteiger partial charge in [-0.1, -0.05) is 11.6 Å². The number of hydrogen-bond acceptors (Lipinski definition) is 6. The number of fused-ring (bicyclic) bond motifs is 1. The molecule has 1 aliphatic rings. The van der Waals surface area contributed by atoms with Gasteiger partial charge in [0.1, 0.15) is 24.0 Å². The van der Waals surface area contributed by atoms with Crippen molar-refractivity contribution in [2.24, 2.45) is 7.05 Å². The fourth-order valence-electron chi connectivity index (χ4n) is 3.38. The lowest BCUT2D eigenvalue weighted by Crippen LogP contribution is -2.39. The van der Waals surface area contributed by atoms with Gasteiger partial charge in [-0.15, -0.1) is 0 Å². The van der Waals surface area contributed by atoms with E-state index in [2.05, 4.69) is 9.97 Å². The van der Waals surface area contributed by atoms with E-state index in [0.29, 0.717) is 47.3 Å². The summed E-state index contributed by atoms with van der Waals surface area (Å²) in [5, 5.41) is 0.631. The number of benzene rings is 1. The number of rotatable bonds is 4. The molecule has 0 N–H and O–H groups in total. The minimum atomic E-state index is -0.462. The maximum absolute atomic E-state index is 13.1. The Kier molecular flexibility index (Phi) is 5.25. The third-order valence-corrected chi connectivity index (χ3v) is 5.09. The molecule has 0 saturated carbocycles. The molecular formula is C19H20ClN5O4. The van der Waals surface area contributed by atoms with Crippen molar-refractivity contribution < 1.29 is 14.3 Å². The highest BCUT2D eigenvalue weighted by molar-refractivity contribution is 6.30. The van der Waals surface area contributed by atoms with Crippen molar-refractivity contribution in [1.82, 2.24) is 24.0 Å². The quantitative estimate of drug-likeness (QED) is 0.645. The largest absolute Gasteiger partial charge is 0.489 e. The predicted octanol–water partition coefficient (Wildman–Crippen LogP) is 2.05. The summed E-state index contributed by atoms with van der Waals surface area (Å²) in [7, 11) is 3.12. The number of aromatic nitrogens is 4. The van der Waals surface area contributed by atoms with Gasteiger partial charge in [-0.2, -0.15) is 0 Å². The molecule has 9 nitrogen and oxygen atoms in total. The van der Waals surface area contributed by atoms with Gasteiger partial charge in [0.05, 0.1) is 12.7 Å². The van der Waals surface area contributed by atoms with Gasteiger partial charge in [0.2, 0.25) is 0 Å². The van der Waals surface area contributed by atoms with Crippen molar-refractivity contribution in [2.45, 2.75) is 19.1 Å². The van der Waals surface area contributed by atoms with Gasteiger partial charge in [-0.25, -0.2) is 24.1 Å². The molecular weight excluding hydrogens is 398 g/mol. The Morgan fingerprint density at radius 1 is 1.31 bits per heavy atom. The molecule has 1 aromatic carbocycles. The number of halogens is 1. The Morgan fingerprint density at radius 3 is 2.79 bits per heavy atom. The van der Waals surface area contributed by atoms with E-state index >= 15 is 0 Å². The molecule has 0 unspecified atom stereocenters. The van der Waals surface area contributed by atoms with E-state index in [-0.39, 0.29) is 12.7 Å². The van der Waals surface area contributed by atoms with E-state index in [9.17, 15) is 9.59 Å². The molecule has 0 bridgehead atoms. The molecule has 0 radical (unpaired) electrons. The number of likely N-dealkylation sites (tertiary alicyclic amines) is 1. The fourth-order valence-corrected chi connectivity index (χ4v) is 3.50. The third kappa shape index (κ3) is 3.70. The Hall–Kier alpha value is -2.91. The molecule has 4 rings (SSSR count). The number of ether oxygens (including phenoxy) is 2. The number of carbonyl (C=O) groups excluding carboxylic acids is 1. The van der Waals surface area contributed by atoms with Gasteiger partial charge < -0.3 is 14.4 Å². The van der Waals surface area contributed by atoms with Gasteiger partial charge in [0.15, 0.2) is 11.5 Å². The minimum absolute atomic E-state index is 0.157. The highest BCUT2D eigenvalue weighted by Gasteiger charge is 2.31. The second-order valence-electron chi connectivity index (χ2n) is 6.82. The predicted molar refractivity (Wildman–Crippen MR) is 106 cm³/mol. The van der Waals surface area contributed by atoms with Crippen molar-refractivity contribution >= 4 is 28.8 Å². The molecule has 2 aromatic heterocycles. The third-order valence-electron chi connectivity index (χ3n) is 4.83. The number of methoxy groups -OCH3 is 1. The molecule has 0 aliphatic carbocycles. The fraction of sp³-hybridized carbons (Fsp3) is 0.368. The first-order valence-corrected chi connectivity index (χ1v) is 9.49. The maximum Gasteiger partial charge on any atom is 0.338 e. The minimum Gasteiger partial charge on any atom is -0.489 e. The van der Waals surface area contributed by atoms with Crippen LogP contribution in [0, 0.1) is 0 Å². The van der Waals surface area contributed by atoms with Crippen LogP contribution in [0.2, 0.25) is 5.02 Å². The lowest BCUT2D eigenvalue weighted by atomic mass is 10.3. The summed E-state index contributed by atoms with van der Waals surface area (Å²) in [6.07, 6.45) is 1.99. The van der Waals surface area contributed by atoms with Crippen LogP contribution in [0.5, 0.6) is 5.75 Å². The summed E-state index contributed by atoms with van der Waals surface area (Å²) in [5.41, 5.74) is 0.291. The van der Waals surface area contributed by atoms with E-state index in [1.807, 2.05) is 0 Å². The zero-order valence-electron chi connectivity index (χ0n) is 16.0. The van der Waals surface area contributed by atoms with Crippen LogP contribution in [0.1, 0.15) is 12.2 Å². The number of aryl methyl sites for hydroxylation is 1. The molecule has 29 heavy (non-hydrogen) atoms. The van der Waals surface area contributed by atoms with Gasteiger partial charge in [0.25, 0.3) is 0 Å². The number of carbonyl (C=O) groups is 1. The van der Waals surface area contributed by atoms with E-state index < -0.39 is 11.7 Å². The molecule has 152 valence electrons. The lowest BCUT2D eigenvalue weighted by molar-refractivity contribution is 0.178. The molecule has 1 aliphatic heterocycles. The number of nitrogens with zero attached hydrogens (tertiary/aromatic N) is 5. The molecule has 10 heteroatoms. The maximum atomic E-state index is 13.1. The topological polar surface area (TPSA) is 91.5 Å². The first kappa shape index (κ1) is 19.4. The molecule has 1 fully saturated rings. The molecule has 3 heterocycles. The molecule has 0 spiro atoms. The monoisotopic (exact) mass is 417 g/mol. The highest BCUT2D eigenvalue weighted by atomic mass is 35.5. The van der Waals surface area contributed by atoms with Gasteiger partial charge in [-0.05, 0) is 24.3 Å². The van der Waals surface area contributed by atoms with Crippen LogP contribution in [-0.4, -0.2) is 56.3 Å². The summed E-state index contributed by atoms with van der Waals surface area (Å²) in [5.74, 6) is 1.13. The van der Waals surface area contributed by atoms with Crippen molar-refractivity contribution in [3.8, 4) is 5.75 Å². The van der Waals surface area contributed by atoms with Gasteiger partial charge in [0, 0.05) is 32.1 Å². The molecule has 1 amide bonds. The normalized spacial score (nSPS) is 16.5. The van der Waals surface area contributed by atoms with Crippen LogP contribution in [-0.2, 0) is 18.4 Å². The lowest BCUT2D eigenvalue weighted by Gasteiger charge is -2.17. The first-order chi connectivity index (χ1) is 14.0. The molecule has 1 atom stereocenters. The van der Waals surface area contributed by atoms with Crippen LogP contribution in [0.3, 0.4) is 0 Å². The van der Waals surface area contributed by atoms with Crippen LogP contribution in [0.4, 0.5) is 4.79 Å². The number of amides is 1.